The van der Waals surface area contributed by atoms with Crippen molar-refractivity contribution in [1.29, 1.82) is 0 Å². The maximum atomic E-state index is 12.7. The minimum absolute atomic E-state index is 0.0126. The molecule has 1 unspecified atom stereocenters. The Morgan fingerprint density at radius 1 is 1.15 bits per heavy atom. The number of ketones is 1. The van der Waals surface area contributed by atoms with Crippen LogP contribution in [-0.4, -0.2) is 28.3 Å². The number of nitro groups is 1. The first-order valence-corrected chi connectivity index (χ1v) is 8.51. The first kappa shape index (κ1) is 18.3. The Balaban J connectivity index is 2.02. The number of rotatable bonds is 5. The van der Waals surface area contributed by atoms with Crippen molar-refractivity contribution < 1.29 is 19.2 Å². The fourth-order valence-electron chi connectivity index (χ4n) is 3.12. The van der Waals surface area contributed by atoms with Crippen molar-refractivity contribution in [3.8, 4) is 0 Å². The van der Waals surface area contributed by atoms with Crippen molar-refractivity contribution in [2.45, 2.75) is 19.4 Å². The number of Topliss-reactive ketones (excluding diaryl/α,β-unsaturated/α-hetero) is 1. The summed E-state index contributed by atoms with van der Waals surface area (Å²) in [5.41, 5.74) is 1.39. The van der Waals surface area contributed by atoms with Crippen molar-refractivity contribution >= 4 is 23.6 Å². The average Bonchev–Trinajstić information content (AvgIpc) is 2.68. The largest absolute Gasteiger partial charge is 0.449 e. The molecule has 1 atom stereocenters. The number of nitro benzene ring substituents is 1. The van der Waals surface area contributed by atoms with Gasteiger partial charge in [-0.1, -0.05) is 42.5 Å². The SMILES string of the molecule is CCOC(=O)N1C=Cc2c(cccc2[N+](=O)[O-])C1CC(=O)c1ccccc1. The first-order valence-electron chi connectivity index (χ1n) is 8.51. The fraction of sp³-hybridized carbons (Fsp3) is 0.200. The third-order valence-electron chi connectivity index (χ3n) is 4.36. The smallest absolute Gasteiger partial charge is 0.414 e. The van der Waals surface area contributed by atoms with E-state index in [0.29, 0.717) is 16.7 Å². The second kappa shape index (κ2) is 7.82. The molecule has 1 heterocycles. The lowest BCUT2D eigenvalue weighted by Gasteiger charge is -2.32. The predicted molar refractivity (Wildman–Crippen MR) is 99.1 cm³/mol. The number of benzene rings is 2. The standard InChI is InChI=1S/C20H18N2O5/c1-2-27-20(24)21-12-11-16-15(9-6-10-17(16)22(25)26)18(21)13-19(23)14-7-4-3-5-8-14/h3-12,18H,2,13H2,1H3. The molecule has 1 amide bonds. The molecule has 0 radical (unpaired) electrons. The summed E-state index contributed by atoms with van der Waals surface area (Å²) in [4.78, 5) is 37.3. The molecule has 0 saturated carbocycles. The minimum atomic E-state index is -0.684. The number of ether oxygens (including phenoxy) is 1. The van der Waals surface area contributed by atoms with Crippen LogP contribution < -0.4 is 0 Å². The lowest BCUT2D eigenvalue weighted by atomic mass is 9.90. The van der Waals surface area contributed by atoms with E-state index in [4.69, 9.17) is 4.74 Å². The Bertz CT molecular complexity index is 908. The van der Waals surface area contributed by atoms with Crippen molar-refractivity contribution in [3.05, 3.63) is 81.5 Å². The summed E-state index contributed by atoms with van der Waals surface area (Å²) >= 11 is 0. The molecule has 7 heteroatoms. The van der Waals surface area contributed by atoms with Gasteiger partial charge in [-0.15, -0.1) is 0 Å². The minimum Gasteiger partial charge on any atom is -0.449 e. The van der Waals surface area contributed by atoms with Crippen molar-refractivity contribution in [1.82, 2.24) is 4.90 Å². The first-order chi connectivity index (χ1) is 13.0. The van der Waals surface area contributed by atoms with Crippen LogP contribution in [0, 0.1) is 10.1 Å². The van der Waals surface area contributed by atoms with Gasteiger partial charge in [-0.25, -0.2) is 4.79 Å². The van der Waals surface area contributed by atoms with Gasteiger partial charge in [-0.05, 0) is 18.6 Å². The summed E-state index contributed by atoms with van der Waals surface area (Å²) in [5.74, 6) is -0.164. The number of carbonyl (C=O) groups is 2. The molecule has 0 aromatic heterocycles. The molecule has 138 valence electrons. The van der Waals surface area contributed by atoms with E-state index in [0.717, 1.165) is 0 Å². The van der Waals surface area contributed by atoms with Crippen LogP contribution in [0.1, 0.15) is 40.9 Å². The molecule has 3 rings (SSSR count). The van der Waals surface area contributed by atoms with E-state index in [1.807, 2.05) is 6.07 Å². The van der Waals surface area contributed by atoms with Crippen LogP contribution in [0.5, 0.6) is 0 Å². The number of hydrogen-bond donors (Lipinski definition) is 0. The highest BCUT2D eigenvalue weighted by Gasteiger charge is 2.33. The molecule has 27 heavy (non-hydrogen) atoms. The van der Waals surface area contributed by atoms with Crippen LogP contribution in [0.4, 0.5) is 10.5 Å². The summed E-state index contributed by atoms with van der Waals surface area (Å²) in [6.07, 6.45) is 2.34. The van der Waals surface area contributed by atoms with Gasteiger partial charge < -0.3 is 4.74 Å². The monoisotopic (exact) mass is 366 g/mol. The second-order valence-corrected chi connectivity index (χ2v) is 5.97. The molecule has 0 N–H and O–H groups in total. The van der Waals surface area contributed by atoms with Gasteiger partial charge in [-0.2, -0.15) is 0 Å². The summed E-state index contributed by atoms with van der Waals surface area (Å²) in [6.45, 7) is 1.87. The number of amides is 1. The Morgan fingerprint density at radius 3 is 2.56 bits per heavy atom. The van der Waals surface area contributed by atoms with Crippen LogP contribution in [0.15, 0.2) is 54.7 Å². The van der Waals surface area contributed by atoms with E-state index in [1.54, 1.807) is 43.3 Å². The molecule has 1 aliphatic heterocycles. The van der Waals surface area contributed by atoms with Crippen LogP contribution in [0.3, 0.4) is 0 Å². The molecule has 7 nitrogen and oxygen atoms in total. The van der Waals surface area contributed by atoms with E-state index >= 15 is 0 Å². The molecule has 2 aromatic rings. The zero-order valence-electron chi connectivity index (χ0n) is 14.7. The second-order valence-electron chi connectivity index (χ2n) is 5.97. The van der Waals surface area contributed by atoms with Gasteiger partial charge in [-0.3, -0.25) is 19.8 Å². The number of nitrogens with zero attached hydrogens (tertiary/aromatic N) is 2. The average molecular weight is 366 g/mol. The lowest BCUT2D eigenvalue weighted by molar-refractivity contribution is -0.385. The van der Waals surface area contributed by atoms with Crippen LogP contribution in [0.2, 0.25) is 0 Å². The van der Waals surface area contributed by atoms with Crippen LogP contribution >= 0.6 is 0 Å². The number of hydrogen-bond acceptors (Lipinski definition) is 5. The summed E-state index contributed by atoms with van der Waals surface area (Å²) in [6, 6.07) is 12.7. The van der Waals surface area contributed by atoms with Gasteiger partial charge in [0.25, 0.3) is 5.69 Å². The normalized spacial score (nSPS) is 15.1. The highest BCUT2D eigenvalue weighted by atomic mass is 16.6. The van der Waals surface area contributed by atoms with E-state index in [-0.39, 0.29) is 24.5 Å². The van der Waals surface area contributed by atoms with Gasteiger partial charge in [0.2, 0.25) is 0 Å². The Kier molecular flexibility index (Phi) is 5.30. The predicted octanol–water partition coefficient (Wildman–Crippen LogP) is 4.35. The summed E-state index contributed by atoms with van der Waals surface area (Å²) in [7, 11) is 0. The van der Waals surface area contributed by atoms with Crippen molar-refractivity contribution in [3.63, 3.8) is 0 Å². The summed E-state index contributed by atoms with van der Waals surface area (Å²) < 4.78 is 5.08. The van der Waals surface area contributed by atoms with E-state index in [2.05, 4.69) is 0 Å². The molecule has 0 spiro atoms. The Morgan fingerprint density at radius 2 is 1.89 bits per heavy atom. The molecule has 0 bridgehead atoms. The highest BCUT2D eigenvalue weighted by molar-refractivity contribution is 5.97. The number of fused-ring (bicyclic) bond motifs is 1. The molecule has 2 aromatic carbocycles. The third kappa shape index (κ3) is 3.72. The van der Waals surface area contributed by atoms with Crippen molar-refractivity contribution in [2.24, 2.45) is 0 Å². The van der Waals surface area contributed by atoms with Gasteiger partial charge >= 0.3 is 6.09 Å². The van der Waals surface area contributed by atoms with Gasteiger partial charge in [0.15, 0.2) is 5.78 Å². The van der Waals surface area contributed by atoms with Crippen LogP contribution in [0.25, 0.3) is 6.08 Å². The molecule has 0 fully saturated rings. The van der Waals surface area contributed by atoms with E-state index < -0.39 is 17.1 Å². The zero-order chi connectivity index (χ0) is 19.4. The van der Waals surface area contributed by atoms with Crippen molar-refractivity contribution in [2.75, 3.05) is 6.61 Å². The number of carbonyl (C=O) groups excluding carboxylic acids is 2. The Labute approximate surface area is 156 Å². The molecular weight excluding hydrogens is 348 g/mol. The molecular formula is C20H18N2O5. The van der Waals surface area contributed by atoms with Gasteiger partial charge in [0.1, 0.15) is 0 Å². The van der Waals surface area contributed by atoms with Crippen LogP contribution in [-0.2, 0) is 4.74 Å². The van der Waals surface area contributed by atoms with E-state index in [1.165, 1.54) is 23.2 Å². The quantitative estimate of drug-likeness (QED) is 0.446. The topological polar surface area (TPSA) is 89.8 Å². The maximum absolute atomic E-state index is 12.7. The maximum Gasteiger partial charge on any atom is 0.414 e. The Hall–Kier alpha value is -3.48. The van der Waals surface area contributed by atoms with Gasteiger partial charge in [0, 0.05) is 24.3 Å². The van der Waals surface area contributed by atoms with Gasteiger partial charge in [0.05, 0.1) is 23.1 Å². The fourth-order valence-corrected chi connectivity index (χ4v) is 3.12. The molecule has 1 aliphatic rings. The third-order valence-corrected chi connectivity index (χ3v) is 4.36. The zero-order valence-corrected chi connectivity index (χ0v) is 14.7. The summed E-state index contributed by atoms with van der Waals surface area (Å²) in [5, 5.41) is 11.3. The molecule has 0 saturated heterocycles. The van der Waals surface area contributed by atoms with E-state index in [9.17, 15) is 19.7 Å². The highest BCUT2D eigenvalue weighted by Crippen LogP contribution is 2.38. The molecule has 0 aliphatic carbocycles. The lowest BCUT2D eigenvalue weighted by Crippen LogP contribution is -2.34.